The summed E-state index contributed by atoms with van der Waals surface area (Å²) >= 11 is 0. The van der Waals surface area contributed by atoms with E-state index in [-0.39, 0.29) is 17.4 Å². The predicted molar refractivity (Wildman–Crippen MR) is 111 cm³/mol. The van der Waals surface area contributed by atoms with Crippen LogP contribution in [0.2, 0.25) is 0 Å². The van der Waals surface area contributed by atoms with Crippen molar-refractivity contribution >= 4 is 5.91 Å². The molecule has 0 spiro atoms. The Morgan fingerprint density at radius 1 is 1.20 bits per heavy atom. The maximum absolute atomic E-state index is 13.0. The van der Waals surface area contributed by atoms with Gasteiger partial charge in [-0.25, -0.2) is 0 Å². The number of likely N-dealkylation sites (tertiary alicyclic amines) is 1. The van der Waals surface area contributed by atoms with E-state index in [2.05, 4.69) is 16.2 Å². The fourth-order valence-corrected chi connectivity index (χ4v) is 4.88. The molecule has 154 valence electrons. The van der Waals surface area contributed by atoms with Gasteiger partial charge in [-0.1, -0.05) is 11.2 Å². The minimum absolute atomic E-state index is 0.0246. The minimum Gasteiger partial charge on any atom is -0.361 e. The second-order valence-electron chi connectivity index (χ2n) is 8.44. The number of nitrogens with zero attached hydrogens (tertiary/aromatic N) is 4. The van der Waals surface area contributed by atoms with Gasteiger partial charge in [-0.15, -0.1) is 0 Å². The van der Waals surface area contributed by atoms with Crippen LogP contribution in [0, 0.1) is 19.8 Å². The zero-order valence-corrected chi connectivity index (χ0v) is 17.2. The van der Waals surface area contributed by atoms with Crippen LogP contribution in [0.15, 0.2) is 46.0 Å². The van der Waals surface area contributed by atoms with Crippen molar-refractivity contribution in [2.75, 3.05) is 13.1 Å². The Kier molecular flexibility index (Phi) is 4.53. The highest BCUT2D eigenvalue weighted by atomic mass is 16.5. The molecule has 2 atom stereocenters. The van der Waals surface area contributed by atoms with Gasteiger partial charge in [0.15, 0.2) is 0 Å². The quantitative estimate of drug-likeness (QED) is 0.670. The SMILES string of the molecule is Cc1noc(C)c1CC(=O)N1C[C@@H]2C[C@H](C1)c1cc(-c3cccnc3)cc(=O)n1C2. The molecule has 1 fully saturated rings. The number of aryl methyl sites for hydroxylation is 2. The van der Waals surface area contributed by atoms with Gasteiger partial charge < -0.3 is 14.0 Å². The van der Waals surface area contributed by atoms with Crippen molar-refractivity contribution in [3.63, 3.8) is 0 Å². The first-order valence-corrected chi connectivity index (χ1v) is 10.3. The van der Waals surface area contributed by atoms with Crippen LogP contribution in [0.4, 0.5) is 0 Å². The molecule has 0 N–H and O–H groups in total. The Bertz CT molecular complexity index is 1150. The third-order valence-electron chi connectivity index (χ3n) is 6.41. The van der Waals surface area contributed by atoms with E-state index in [9.17, 15) is 9.59 Å². The van der Waals surface area contributed by atoms with Crippen LogP contribution < -0.4 is 5.56 Å². The van der Waals surface area contributed by atoms with E-state index >= 15 is 0 Å². The van der Waals surface area contributed by atoms with E-state index in [1.54, 1.807) is 18.5 Å². The van der Waals surface area contributed by atoms with Gasteiger partial charge in [-0.2, -0.15) is 0 Å². The molecule has 2 bridgehead atoms. The zero-order valence-electron chi connectivity index (χ0n) is 17.2. The minimum atomic E-state index is 0.0246. The first-order valence-electron chi connectivity index (χ1n) is 10.3. The molecule has 30 heavy (non-hydrogen) atoms. The number of amides is 1. The van der Waals surface area contributed by atoms with Gasteiger partial charge in [0.2, 0.25) is 5.91 Å². The molecule has 0 aromatic carbocycles. The first-order chi connectivity index (χ1) is 14.5. The van der Waals surface area contributed by atoms with Crippen molar-refractivity contribution < 1.29 is 9.32 Å². The molecule has 2 aliphatic rings. The molecule has 7 nitrogen and oxygen atoms in total. The molecular weight excluding hydrogens is 380 g/mol. The highest BCUT2D eigenvalue weighted by Crippen LogP contribution is 2.36. The summed E-state index contributed by atoms with van der Waals surface area (Å²) < 4.78 is 7.11. The van der Waals surface area contributed by atoms with Gasteiger partial charge in [-0.3, -0.25) is 14.6 Å². The summed E-state index contributed by atoms with van der Waals surface area (Å²) in [6.45, 7) is 5.69. The Morgan fingerprint density at radius 3 is 2.80 bits per heavy atom. The maximum atomic E-state index is 13.0. The van der Waals surface area contributed by atoms with Crippen LogP contribution >= 0.6 is 0 Å². The van der Waals surface area contributed by atoms with Gasteiger partial charge in [-0.05, 0) is 43.9 Å². The van der Waals surface area contributed by atoms with Gasteiger partial charge in [0.05, 0.1) is 12.1 Å². The van der Waals surface area contributed by atoms with Crippen molar-refractivity contribution in [2.45, 2.75) is 39.2 Å². The molecule has 7 heteroatoms. The summed E-state index contributed by atoms with van der Waals surface area (Å²) in [5.41, 5.74) is 4.52. The van der Waals surface area contributed by atoms with Gasteiger partial charge in [0, 0.05) is 60.8 Å². The van der Waals surface area contributed by atoms with E-state index in [1.165, 1.54) is 0 Å². The third-order valence-corrected chi connectivity index (χ3v) is 6.41. The van der Waals surface area contributed by atoms with Crippen LogP contribution in [0.5, 0.6) is 0 Å². The number of hydrogen-bond acceptors (Lipinski definition) is 5. The average Bonchev–Trinajstić information content (AvgIpc) is 3.07. The molecular formula is C23H24N4O3. The molecule has 5 heterocycles. The van der Waals surface area contributed by atoms with Crippen LogP contribution in [0.25, 0.3) is 11.1 Å². The third kappa shape index (κ3) is 3.24. The number of aromatic nitrogens is 3. The van der Waals surface area contributed by atoms with E-state index < -0.39 is 0 Å². The Balaban J connectivity index is 1.43. The molecule has 1 saturated heterocycles. The lowest BCUT2D eigenvalue weighted by Gasteiger charge is -2.43. The second-order valence-corrected chi connectivity index (χ2v) is 8.44. The van der Waals surface area contributed by atoms with E-state index in [0.29, 0.717) is 37.7 Å². The fraction of sp³-hybridized carbons (Fsp3) is 0.391. The van der Waals surface area contributed by atoms with Gasteiger partial charge >= 0.3 is 0 Å². The molecule has 5 rings (SSSR count). The molecule has 0 saturated carbocycles. The number of pyridine rings is 2. The first kappa shape index (κ1) is 18.8. The number of fused-ring (bicyclic) bond motifs is 4. The molecule has 1 amide bonds. The Hall–Kier alpha value is -3.22. The number of piperidine rings is 1. The van der Waals surface area contributed by atoms with Crippen LogP contribution in [-0.4, -0.2) is 38.6 Å². The molecule has 0 aliphatic carbocycles. The number of carbonyl (C=O) groups is 1. The summed E-state index contributed by atoms with van der Waals surface area (Å²) in [4.78, 5) is 32.0. The number of hydrogen-bond donors (Lipinski definition) is 0. The maximum Gasteiger partial charge on any atom is 0.251 e. The van der Waals surface area contributed by atoms with Crippen molar-refractivity contribution in [2.24, 2.45) is 5.92 Å². The largest absolute Gasteiger partial charge is 0.361 e. The number of rotatable bonds is 3. The highest BCUT2D eigenvalue weighted by Gasteiger charge is 2.36. The van der Waals surface area contributed by atoms with Gasteiger partial charge in [0.25, 0.3) is 5.56 Å². The number of carbonyl (C=O) groups excluding carboxylic acids is 1. The topological polar surface area (TPSA) is 81.2 Å². The van der Waals surface area contributed by atoms with Crippen LogP contribution in [0.1, 0.15) is 35.1 Å². The summed E-state index contributed by atoms with van der Waals surface area (Å²) in [7, 11) is 0. The second kappa shape index (κ2) is 7.23. The van der Waals surface area contributed by atoms with E-state index in [4.69, 9.17) is 4.52 Å². The Morgan fingerprint density at radius 2 is 2.07 bits per heavy atom. The summed E-state index contributed by atoms with van der Waals surface area (Å²) in [5, 5.41) is 3.96. The standard InChI is InChI=1S/C23H24N4O3/c1-14-20(15(2)30-25-14)9-22(28)26-11-16-6-19(13-26)21-7-18(8-23(29)27(21)12-16)17-4-3-5-24-10-17/h3-5,7-8,10,16,19H,6,9,11-13H2,1-2H3/t16-,19+/m0/s1. The highest BCUT2D eigenvalue weighted by molar-refractivity contribution is 5.79. The average molecular weight is 404 g/mol. The smallest absolute Gasteiger partial charge is 0.251 e. The van der Waals surface area contributed by atoms with Gasteiger partial charge in [0.1, 0.15) is 5.76 Å². The van der Waals surface area contributed by atoms with Crippen molar-refractivity contribution in [1.82, 2.24) is 19.6 Å². The molecule has 2 aliphatic heterocycles. The molecule has 3 aromatic heterocycles. The van der Waals surface area contributed by atoms with Crippen molar-refractivity contribution in [3.05, 3.63) is 69.7 Å². The summed E-state index contributed by atoms with van der Waals surface area (Å²) in [6.07, 6.45) is 4.81. The lowest BCUT2D eigenvalue weighted by atomic mass is 9.82. The predicted octanol–water partition coefficient (Wildman–Crippen LogP) is 2.70. The van der Waals surface area contributed by atoms with Crippen molar-refractivity contribution in [3.8, 4) is 11.1 Å². The molecule has 3 aromatic rings. The van der Waals surface area contributed by atoms with E-state index in [0.717, 1.165) is 34.5 Å². The zero-order chi connectivity index (χ0) is 20.8. The lowest BCUT2D eigenvalue weighted by molar-refractivity contribution is -0.133. The van der Waals surface area contributed by atoms with E-state index in [1.807, 2.05) is 35.4 Å². The summed E-state index contributed by atoms with van der Waals surface area (Å²) in [6, 6.07) is 7.63. The van der Waals surface area contributed by atoms with Crippen LogP contribution in [0.3, 0.4) is 0 Å². The monoisotopic (exact) mass is 404 g/mol. The lowest BCUT2D eigenvalue weighted by Crippen LogP contribution is -2.49. The normalized spacial score (nSPS) is 20.1. The van der Waals surface area contributed by atoms with Crippen LogP contribution in [-0.2, 0) is 17.8 Å². The van der Waals surface area contributed by atoms with Crippen molar-refractivity contribution in [1.29, 1.82) is 0 Å². The molecule has 0 radical (unpaired) electrons. The summed E-state index contributed by atoms with van der Waals surface area (Å²) in [5.74, 6) is 1.26. The fourth-order valence-electron chi connectivity index (χ4n) is 4.88. The molecule has 0 unspecified atom stereocenters. The Labute approximate surface area is 174 Å².